The van der Waals surface area contributed by atoms with Crippen molar-refractivity contribution in [2.45, 2.75) is 6.92 Å². The van der Waals surface area contributed by atoms with E-state index in [-0.39, 0.29) is 5.41 Å². The number of hydrogen-bond donors (Lipinski definition) is 0. The molecule has 1 aliphatic heterocycles. The molecule has 0 unspecified atom stereocenters. The number of carbonyl (C=O) groups is 1. The Morgan fingerprint density at radius 1 is 1.56 bits per heavy atom. The molecule has 1 aliphatic rings. The lowest BCUT2D eigenvalue weighted by Crippen LogP contribution is -2.44. The van der Waals surface area contributed by atoms with E-state index in [0.717, 1.165) is 6.29 Å². The molecule has 0 amide bonds. The second-order valence-electron chi connectivity index (χ2n) is 4.51. The molecule has 0 aromatic heterocycles. The molecule has 1 fully saturated rings. The van der Waals surface area contributed by atoms with E-state index in [4.69, 9.17) is 17.3 Å². The van der Waals surface area contributed by atoms with Gasteiger partial charge in [0.1, 0.15) is 13.6 Å². The van der Waals surface area contributed by atoms with Crippen LogP contribution in [0.25, 0.3) is 0 Å². The Morgan fingerprint density at radius 3 is 2.88 bits per heavy atom. The number of carbonyl (C=O) groups excluding carboxylic acids is 1. The van der Waals surface area contributed by atoms with E-state index in [1.54, 1.807) is 18.2 Å². The van der Waals surface area contributed by atoms with Crippen LogP contribution < -0.4 is 10.2 Å². The molecule has 0 bridgehead atoms. The molecule has 82 valence electrons. The highest BCUT2D eigenvalue weighted by atomic mass is 16.5. The Morgan fingerprint density at radius 2 is 2.31 bits per heavy atom. The van der Waals surface area contributed by atoms with Gasteiger partial charge in [-0.25, -0.2) is 0 Å². The van der Waals surface area contributed by atoms with Gasteiger partial charge in [0.05, 0.1) is 25.4 Å². The molecule has 16 heavy (non-hydrogen) atoms. The molecule has 1 heterocycles. The van der Waals surface area contributed by atoms with Gasteiger partial charge in [0, 0.05) is 5.41 Å². The zero-order chi connectivity index (χ0) is 11.6. The molecule has 0 saturated carbocycles. The summed E-state index contributed by atoms with van der Waals surface area (Å²) in [5.74, 6) is 0.581. The number of ether oxygens (including phenoxy) is 2. The molecule has 1 aromatic carbocycles. The van der Waals surface area contributed by atoms with Crippen LogP contribution in [0, 0.1) is 5.41 Å². The molecule has 1 saturated heterocycles. The van der Waals surface area contributed by atoms with Crippen LogP contribution in [-0.2, 0) is 4.74 Å². The minimum atomic E-state index is 0.0710. The van der Waals surface area contributed by atoms with Gasteiger partial charge < -0.3 is 9.47 Å². The summed E-state index contributed by atoms with van der Waals surface area (Å²) in [4.78, 5) is 10.8. The Bertz CT molecular complexity index is 399. The monoisotopic (exact) mass is 216 g/mol. The van der Waals surface area contributed by atoms with Crippen LogP contribution in [0.2, 0.25) is 0 Å². The second kappa shape index (κ2) is 4.30. The number of aldehydes is 1. The predicted molar refractivity (Wildman–Crippen MR) is 61.6 cm³/mol. The van der Waals surface area contributed by atoms with E-state index in [9.17, 15) is 4.79 Å². The van der Waals surface area contributed by atoms with Crippen molar-refractivity contribution >= 4 is 19.6 Å². The third kappa shape index (κ3) is 2.27. The first-order valence-corrected chi connectivity index (χ1v) is 5.18. The Labute approximate surface area is 96.2 Å². The molecule has 4 heteroatoms. The maximum absolute atomic E-state index is 10.8. The summed E-state index contributed by atoms with van der Waals surface area (Å²) in [7, 11) is 5.59. The summed E-state index contributed by atoms with van der Waals surface area (Å²) < 4.78 is 10.8. The van der Waals surface area contributed by atoms with Crippen molar-refractivity contribution in [2.24, 2.45) is 5.41 Å². The fourth-order valence-corrected chi connectivity index (χ4v) is 1.58. The van der Waals surface area contributed by atoms with Crippen LogP contribution in [0.1, 0.15) is 17.3 Å². The Hall–Kier alpha value is -1.29. The van der Waals surface area contributed by atoms with Gasteiger partial charge in [0.2, 0.25) is 0 Å². The van der Waals surface area contributed by atoms with Gasteiger partial charge in [0.15, 0.2) is 6.29 Å². The highest BCUT2D eigenvalue weighted by Crippen LogP contribution is 2.28. The number of hydrogen-bond acceptors (Lipinski definition) is 3. The molecular weight excluding hydrogens is 203 g/mol. The van der Waals surface area contributed by atoms with E-state index in [1.165, 1.54) is 0 Å². The zero-order valence-corrected chi connectivity index (χ0v) is 9.23. The van der Waals surface area contributed by atoms with Crippen LogP contribution in [0.4, 0.5) is 0 Å². The topological polar surface area (TPSA) is 35.5 Å². The van der Waals surface area contributed by atoms with Crippen molar-refractivity contribution in [2.75, 3.05) is 19.8 Å². The summed E-state index contributed by atoms with van der Waals surface area (Å²) in [6.07, 6.45) is 0.755. The van der Waals surface area contributed by atoms with E-state index >= 15 is 0 Å². The Balaban J connectivity index is 2.06. The van der Waals surface area contributed by atoms with Gasteiger partial charge in [0.25, 0.3) is 0 Å². The van der Waals surface area contributed by atoms with Crippen LogP contribution in [0.3, 0.4) is 0 Å². The van der Waals surface area contributed by atoms with Crippen molar-refractivity contribution in [1.29, 1.82) is 0 Å². The highest BCUT2D eigenvalue weighted by molar-refractivity contribution is 6.32. The van der Waals surface area contributed by atoms with Crippen molar-refractivity contribution in [3.05, 3.63) is 23.8 Å². The molecule has 0 atom stereocenters. The maximum atomic E-state index is 10.8. The van der Waals surface area contributed by atoms with Crippen molar-refractivity contribution in [1.82, 2.24) is 0 Å². The highest BCUT2D eigenvalue weighted by Gasteiger charge is 2.34. The van der Waals surface area contributed by atoms with E-state index in [1.807, 2.05) is 0 Å². The van der Waals surface area contributed by atoms with E-state index in [0.29, 0.717) is 36.6 Å². The van der Waals surface area contributed by atoms with Gasteiger partial charge in [-0.15, -0.1) is 0 Å². The summed E-state index contributed by atoms with van der Waals surface area (Å²) in [6, 6.07) is 5.06. The van der Waals surface area contributed by atoms with Gasteiger partial charge >= 0.3 is 0 Å². The van der Waals surface area contributed by atoms with Gasteiger partial charge in [-0.2, -0.15) is 0 Å². The minimum absolute atomic E-state index is 0.0710. The Kier molecular flexibility index (Phi) is 3.01. The molecule has 0 N–H and O–H groups in total. The minimum Gasteiger partial charge on any atom is -0.492 e. The third-order valence-electron chi connectivity index (χ3n) is 2.64. The van der Waals surface area contributed by atoms with E-state index < -0.39 is 0 Å². The fourth-order valence-electron chi connectivity index (χ4n) is 1.58. The molecule has 0 spiro atoms. The molecule has 3 nitrogen and oxygen atoms in total. The standard InChI is InChI=1S/C12H13BO3/c1-12(6-15-7-12)8-16-11-3-2-10(13)4-9(11)5-14/h2-5H,6-8H2,1H3. The first-order valence-electron chi connectivity index (χ1n) is 5.18. The average molecular weight is 216 g/mol. The van der Waals surface area contributed by atoms with Crippen molar-refractivity contribution < 1.29 is 14.3 Å². The lowest BCUT2D eigenvalue weighted by molar-refractivity contribution is -0.120. The summed E-state index contributed by atoms with van der Waals surface area (Å²) >= 11 is 0. The first kappa shape index (κ1) is 11.2. The summed E-state index contributed by atoms with van der Waals surface area (Å²) in [6.45, 7) is 4.06. The van der Waals surface area contributed by atoms with Crippen LogP contribution in [-0.4, -0.2) is 34.0 Å². The molecular formula is C12H13BO3. The fraction of sp³-hybridized carbons (Fsp3) is 0.417. The van der Waals surface area contributed by atoms with Crippen LogP contribution in [0.15, 0.2) is 18.2 Å². The van der Waals surface area contributed by atoms with Crippen LogP contribution in [0.5, 0.6) is 5.75 Å². The first-order chi connectivity index (χ1) is 7.63. The molecule has 2 rings (SSSR count). The third-order valence-corrected chi connectivity index (χ3v) is 2.64. The molecule has 1 aromatic rings. The lowest BCUT2D eigenvalue weighted by atomic mass is 9.90. The van der Waals surface area contributed by atoms with Crippen molar-refractivity contribution in [3.63, 3.8) is 0 Å². The maximum Gasteiger partial charge on any atom is 0.153 e. The van der Waals surface area contributed by atoms with Gasteiger partial charge in [-0.05, 0) is 6.07 Å². The van der Waals surface area contributed by atoms with Gasteiger partial charge in [-0.1, -0.05) is 24.5 Å². The summed E-state index contributed by atoms with van der Waals surface area (Å²) in [5.41, 5.74) is 1.12. The predicted octanol–water partition coefficient (Wildman–Crippen LogP) is 0.708. The largest absolute Gasteiger partial charge is 0.492 e. The quantitative estimate of drug-likeness (QED) is 0.549. The zero-order valence-electron chi connectivity index (χ0n) is 9.23. The summed E-state index contributed by atoms with van der Waals surface area (Å²) in [5, 5.41) is 0. The number of benzene rings is 1. The normalized spacial score (nSPS) is 17.6. The lowest BCUT2D eigenvalue weighted by Gasteiger charge is -2.37. The average Bonchev–Trinajstić information content (AvgIpc) is 2.24. The smallest absolute Gasteiger partial charge is 0.153 e. The van der Waals surface area contributed by atoms with Gasteiger partial charge in [-0.3, -0.25) is 4.79 Å². The second-order valence-corrected chi connectivity index (χ2v) is 4.51. The number of rotatable bonds is 4. The molecule has 2 radical (unpaired) electrons. The SMILES string of the molecule is [B]c1ccc(OCC2(C)COC2)c(C=O)c1. The molecule has 0 aliphatic carbocycles. The van der Waals surface area contributed by atoms with Crippen molar-refractivity contribution in [3.8, 4) is 5.75 Å². The van der Waals surface area contributed by atoms with Crippen LogP contribution >= 0.6 is 0 Å². The van der Waals surface area contributed by atoms with E-state index in [2.05, 4.69) is 6.92 Å².